The summed E-state index contributed by atoms with van der Waals surface area (Å²) in [4.78, 5) is 73.6. The van der Waals surface area contributed by atoms with Crippen LogP contribution >= 0.6 is 18.9 Å². The maximum absolute atomic E-state index is 14.4. The molecule has 15 heteroatoms. The molecule has 3 amide bonds. The van der Waals surface area contributed by atoms with Crippen LogP contribution < -0.4 is 10.2 Å². The molecule has 0 bridgehead atoms. The lowest BCUT2D eigenvalue weighted by molar-refractivity contribution is -0.149. The van der Waals surface area contributed by atoms with Gasteiger partial charge in [0.1, 0.15) is 12.1 Å². The Bertz CT molecular complexity index is 1870. The molecule has 50 heavy (non-hydrogen) atoms. The summed E-state index contributed by atoms with van der Waals surface area (Å²) in [7, 11) is -2.85. The van der Waals surface area contributed by atoms with Gasteiger partial charge in [-0.05, 0) is 86.2 Å². The highest BCUT2D eigenvalue weighted by molar-refractivity contribution is 7.51. The molecule has 6 atom stereocenters. The van der Waals surface area contributed by atoms with E-state index >= 15 is 0 Å². The normalized spacial score (nSPS) is 28.0. The van der Waals surface area contributed by atoms with Gasteiger partial charge in [0.25, 0.3) is 5.91 Å². The zero-order valence-electron chi connectivity index (χ0n) is 27.9. The number of piperazine rings is 1. The van der Waals surface area contributed by atoms with Crippen molar-refractivity contribution in [1.82, 2.24) is 25.0 Å². The van der Waals surface area contributed by atoms with Crippen LogP contribution in [-0.2, 0) is 14.2 Å². The second-order valence-corrected chi connectivity index (χ2v) is 17.5. The van der Waals surface area contributed by atoms with Gasteiger partial charge in [-0.2, -0.15) is 0 Å². The smallest absolute Gasteiger partial charge is 0.363 e. The topological polar surface area (TPSA) is 147 Å². The lowest BCUT2D eigenvalue weighted by Crippen LogP contribution is -2.59. The molecule has 0 spiro atoms. The highest BCUT2D eigenvalue weighted by atomic mass is 32.1. The van der Waals surface area contributed by atoms with Crippen molar-refractivity contribution in [3.63, 3.8) is 0 Å². The monoisotopic (exact) mass is 724 g/mol. The van der Waals surface area contributed by atoms with Crippen molar-refractivity contribution in [3.8, 4) is 0 Å². The number of anilines is 1. The summed E-state index contributed by atoms with van der Waals surface area (Å²) in [6.45, 7) is 5.08. The largest absolute Gasteiger partial charge is 0.369 e. The number of aromatic nitrogens is 1. The summed E-state index contributed by atoms with van der Waals surface area (Å²) in [5.41, 5.74) is 2.19. The molecule has 5 fully saturated rings. The van der Waals surface area contributed by atoms with Crippen LogP contribution in [0.25, 0.3) is 10.1 Å². The Labute approximate surface area is 293 Å². The molecular formula is C35H42FN6O6PS. The fraction of sp³-hybridized carbons (Fsp3) is 0.543. The number of fused-ring (bicyclic) bond motifs is 3. The van der Waals surface area contributed by atoms with E-state index in [0.29, 0.717) is 52.7 Å². The van der Waals surface area contributed by atoms with E-state index in [0.717, 1.165) is 45.4 Å². The Morgan fingerprint density at radius 1 is 1.04 bits per heavy atom. The van der Waals surface area contributed by atoms with Crippen LogP contribution in [0.3, 0.4) is 0 Å². The summed E-state index contributed by atoms with van der Waals surface area (Å²) >= 11 is 1.17. The minimum absolute atomic E-state index is 0.0260. The van der Waals surface area contributed by atoms with Gasteiger partial charge in [0.05, 0.1) is 4.88 Å². The number of amides is 3. The second kappa shape index (κ2) is 13.0. The second-order valence-electron chi connectivity index (χ2n) is 14.7. The van der Waals surface area contributed by atoms with Gasteiger partial charge in [-0.15, -0.1) is 11.3 Å². The molecule has 2 aromatic heterocycles. The van der Waals surface area contributed by atoms with E-state index in [2.05, 4.69) is 33.2 Å². The number of rotatable bonds is 7. The first-order chi connectivity index (χ1) is 23.9. The number of nitrogens with one attached hydrogen (secondary N) is 1. The van der Waals surface area contributed by atoms with Crippen molar-refractivity contribution in [2.45, 2.75) is 62.1 Å². The summed E-state index contributed by atoms with van der Waals surface area (Å²) in [5.74, 6) is -2.12. The van der Waals surface area contributed by atoms with E-state index < -0.39 is 31.5 Å². The van der Waals surface area contributed by atoms with E-state index in [4.69, 9.17) is 0 Å². The van der Waals surface area contributed by atoms with Crippen LogP contribution in [0.5, 0.6) is 0 Å². The highest BCUT2D eigenvalue weighted by Gasteiger charge is 2.52. The van der Waals surface area contributed by atoms with Gasteiger partial charge in [-0.25, -0.2) is 4.39 Å². The molecule has 1 saturated carbocycles. The number of benzene rings is 1. The van der Waals surface area contributed by atoms with Crippen LogP contribution in [0.4, 0.5) is 10.1 Å². The zero-order chi connectivity index (χ0) is 34.9. The van der Waals surface area contributed by atoms with E-state index in [1.165, 1.54) is 40.8 Å². The first-order valence-electron chi connectivity index (χ1n) is 17.5. The lowest BCUT2D eigenvalue weighted by Gasteiger charge is -2.44. The summed E-state index contributed by atoms with van der Waals surface area (Å²) in [5, 5.41) is 3.46. The minimum atomic E-state index is -4.98. The molecule has 3 N–H and O–H groups in total. The predicted octanol–water partition coefficient (Wildman–Crippen LogP) is 3.71. The number of hydrogen-bond acceptors (Lipinski definition) is 8. The fourth-order valence-corrected chi connectivity index (χ4v) is 9.99. The van der Waals surface area contributed by atoms with Crippen LogP contribution in [0.2, 0.25) is 0 Å². The molecule has 1 aromatic carbocycles. The molecule has 4 aliphatic heterocycles. The minimum Gasteiger partial charge on any atom is -0.369 e. The van der Waals surface area contributed by atoms with Gasteiger partial charge in [0, 0.05) is 79.6 Å². The average molecular weight is 725 g/mol. The first-order valence-corrected chi connectivity index (χ1v) is 20.0. The van der Waals surface area contributed by atoms with E-state index in [9.17, 15) is 33.1 Å². The summed E-state index contributed by atoms with van der Waals surface area (Å²) in [6, 6.07) is 6.46. The van der Waals surface area contributed by atoms with E-state index in [1.54, 1.807) is 11.0 Å². The van der Waals surface area contributed by atoms with Gasteiger partial charge in [0.15, 0.2) is 0 Å². The predicted molar refractivity (Wildman–Crippen MR) is 187 cm³/mol. The number of halogens is 1. The number of carbonyl (C=O) groups excluding carboxylic acids is 3. The Hall–Kier alpha value is -3.42. The quantitative estimate of drug-likeness (QED) is 0.311. The molecule has 0 radical (unpaired) electrons. The summed E-state index contributed by atoms with van der Waals surface area (Å²) < 4.78 is 26.5. The van der Waals surface area contributed by atoms with E-state index in [1.807, 2.05) is 17.3 Å². The van der Waals surface area contributed by atoms with Gasteiger partial charge in [-0.1, -0.05) is 6.07 Å². The number of pyridine rings is 1. The number of carbonyl (C=O) groups is 3. The number of thiophene rings is 1. The first kappa shape index (κ1) is 33.7. The average Bonchev–Trinajstić information content (AvgIpc) is 3.43. The molecule has 4 saturated heterocycles. The van der Waals surface area contributed by atoms with Crippen molar-refractivity contribution < 1.29 is 33.1 Å². The lowest BCUT2D eigenvalue weighted by atomic mass is 9.90. The third-order valence-corrected chi connectivity index (χ3v) is 13.5. The van der Waals surface area contributed by atoms with Crippen LogP contribution in [-0.4, -0.2) is 112 Å². The van der Waals surface area contributed by atoms with Crippen molar-refractivity contribution in [1.29, 1.82) is 0 Å². The third-order valence-electron chi connectivity index (χ3n) is 11.5. The van der Waals surface area contributed by atoms with Crippen LogP contribution in [0.15, 0.2) is 42.7 Å². The van der Waals surface area contributed by atoms with E-state index in [-0.39, 0.29) is 29.3 Å². The molecule has 3 aromatic rings. The number of nitrogens with zero attached hydrogens (tertiary/aromatic N) is 5. The number of alkyl halides is 1. The molecule has 5 aliphatic rings. The van der Waals surface area contributed by atoms with Crippen LogP contribution in [0, 0.1) is 11.8 Å². The number of hydrogen-bond donors (Lipinski definition) is 3. The molecular weight excluding hydrogens is 682 g/mol. The maximum atomic E-state index is 14.4. The third kappa shape index (κ3) is 6.34. The van der Waals surface area contributed by atoms with Crippen molar-refractivity contribution in [2.24, 2.45) is 11.8 Å². The standard InChI is InChI=1S/C35H42FN6O6PS/c1-39-8-10-40(11-9-39)28-6-7-37-17-26(28)24-18-41(19-24)35(45)29-4-3-25-14-21-13-22(21)15-27(34(44)42(25)29)38-33(43)31-16-23-12-20(2-5-30(23)50-31)32(36)49(46,47)48/h2,5-7,12,16-17,21-22,24-25,27,29,32H,3-4,8-11,13-15,18-19H2,1H3,(H,38,43)(H2,46,47,48)/t21-,22+,25-,27+,29+,32+/m1/s1. The van der Waals surface area contributed by atoms with Crippen molar-refractivity contribution >= 4 is 52.4 Å². The van der Waals surface area contributed by atoms with Gasteiger partial charge in [0.2, 0.25) is 17.7 Å². The number of likely N-dealkylation sites (N-methyl/N-ethyl adjacent to an activating group) is 1. The Morgan fingerprint density at radius 3 is 2.56 bits per heavy atom. The number of likely N-dealkylation sites (tertiary alicyclic amines) is 1. The SMILES string of the molecule is CN1CCN(c2ccncc2C2CN(C(=O)[C@@H]3CC[C@@H]4C[C@H]5C[C@H]5C[C@H](NC(=O)c5cc6cc([C@@H](F)P(=O)(O)O)ccc6s5)C(=O)N43)C2)CC1. The van der Waals surface area contributed by atoms with Crippen molar-refractivity contribution in [3.05, 3.63) is 58.7 Å². The highest BCUT2D eigenvalue weighted by Crippen LogP contribution is 2.53. The maximum Gasteiger partial charge on any atom is 0.363 e. The molecule has 266 valence electrons. The Balaban J connectivity index is 0.958. The zero-order valence-corrected chi connectivity index (χ0v) is 29.6. The Kier molecular flexibility index (Phi) is 8.74. The van der Waals surface area contributed by atoms with Gasteiger partial charge >= 0.3 is 7.60 Å². The molecule has 8 rings (SSSR count). The molecule has 1 aliphatic carbocycles. The fourth-order valence-electron chi connectivity index (χ4n) is 8.49. The Morgan fingerprint density at radius 2 is 1.80 bits per heavy atom. The molecule has 6 heterocycles. The van der Waals surface area contributed by atoms with Crippen molar-refractivity contribution in [2.75, 3.05) is 51.2 Å². The molecule has 12 nitrogen and oxygen atoms in total. The van der Waals surface area contributed by atoms with Gasteiger partial charge < -0.3 is 34.7 Å². The summed E-state index contributed by atoms with van der Waals surface area (Å²) in [6.07, 6.45) is 7.55. The van der Waals surface area contributed by atoms with Crippen LogP contribution in [0.1, 0.15) is 64.7 Å². The molecule has 0 unspecified atom stereocenters. The van der Waals surface area contributed by atoms with Gasteiger partial charge in [-0.3, -0.25) is 23.9 Å².